The molecule has 0 saturated heterocycles. The summed E-state index contributed by atoms with van der Waals surface area (Å²) in [5.74, 6) is -3.65. The lowest BCUT2D eigenvalue weighted by atomic mass is 9.75. The van der Waals surface area contributed by atoms with Gasteiger partial charge in [0.05, 0.1) is 0 Å². The molecule has 0 aromatic heterocycles. The van der Waals surface area contributed by atoms with Crippen LogP contribution in [0.15, 0.2) is 0 Å². The highest BCUT2D eigenvalue weighted by atomic mass is 19.4. The first-order valence-electron chi connectivity index (χ1n) is 7.26. The van der Waals surface area contributed by atoms with Crippen molar-refractivity contribution in [3.8, 4) is 0 Å². The number of nitrogens with one attached hydrogen (secondary N) is 1. The molecule has 3 atom stereocenters. The number of hydrogen-bond acceptors (Lipinski definition) is 3. The van der Waals surface area contributed by atoms with Gasteiger partial charge < -0.3 is 15.3 Å². The standard InChI is InChI=1S/C14H25F3N2O2/c1-10-5-4-6-13(7-10,19(2)3)9-18-8-11(12(20)21)14(15,16)17/h10-11,18H,4-9H2,1-3H3,(H,20,21). The fourth-order valence-corrected chi connectivity index (χ4v) is 3.15. The molecule has 124 valence electrons. The Bertz CT molecular complexity index is 361. The maximum Gasteiger partial charge on any atom is 0.403 e. The Morgan fingerprint density at radius 2 is 2.10 bits per heavy atom. The van der Waals surface area contributed by atoms with E-state index in [1.54, 1.807) is 0 Å². The fourth-order valence-electron chi connectivity index (χ4n) is 3.15. The number of nitrogens with zero attached hydrogens (tertiary/aromatic N) is 1. The predicted molar refractivity (Wildman–Crippen MR) is 74.1 cm³/mol. The Balaban J connectivity index is 2.64. The summed E-state index contributed by atoms with van der Waals surface area (Å²) in [5.41, 5.74) is -0.188. The number of hydrogen-bond donors (Lipinski definition) is 2. The van der Waals surface area contributed by atoms with E-state index in [1.165, 1.54) is 0 Å². The summed E-state index contributed by atoms with van der Waals surface area (Å²) in [7, 11) is 3.86. The number of carboxylic acids is 1. The maximum atomic E-state index is 12.6. The Kier molecular flexibility index (Phi) is 6.04. The average Bonchev–Trinajstić information content (AvgIpc) is 2.32. The van der Waals surface area contributed by atoms with Crippen LogP contribution >= 0.6 is 0 Å². The molecule has 0 amide bonds. The third kappa shape index (κ3) is 4.85. The summed E-state index contributed by atoms with van der Waals surface area (Å²) in [4.78, 5) is 12.8. The highest BCUT2D eigenvalue weighted by molar-refractivity contribution is 5.71. The van der Waals surface area contributed by atoms with Crippen LogP contribution in [0.1, 0.15) is 32.6 Å². The van der Waals surface area contributed by atoms with E-state index in [2.05, 4.69) is 17.1 Å². The van der Waals surface area contributed by atoms with Crippen molar-refractivity contribution >= 4 is 5.97 Å². The number of alkyl halides is 3. The second-order valence-electron chi connectivity index (χ2n) is 6.38. The van der Waals surface area contributed by atoms with Crippen molar-refractivity contribution in [1.82, 2.24) is 10.2 Å². The summed E-state index contributed by atoms with van der Waals surface area (Å²) < 4.78 is 37.9. The molecule has 1 saturated carbocycles. The molecule has 1 aliphatic rings. The predicted octanol–water partition coefficient (Wildman–Crippen LogP) is 2.35. The van der Waals surface area contributed by atoms with Crippen LogP contribution in [0.4, 0.5) is 13.2 Å². The van der Waals surface area contributed by atoms with E-state index in [4.69, 9.17) is 5.11 Å². The SMILES string of the molecule is CC1CCCC(CNCC(C(=O)O)C(F)(F)F)(N(C)C)C1. The molecule has 0 radical (unpaired) electrons. The minimum absolute atomic E-state index is 0.188. The molecule has 1 fully saturated rings. The zero-order valence-electron chi connectivity index (χ0n) is 12.8. The summed E-state index contributed by atoms with van der Waals surface area (Å²) in [6.07, 6.45) is -0.708. The van der Waals surface area contributed by atoms with Crippen molar-refractivity contribution < 1.29 is 23.1 Å². The van der Waals surface area contributed by atoms with Crippen molar-refractivity contribution in [2.24, 2.45) is 11.8 Å². The minimum Gasteiger partial charge on any atom is -0.481 e. The molecule has 2 N–H and O–H groups in total. The lowest BCUT2D eigenvalue weighted by molar-refractivity contribution is -0.192. The molecule has 0 spiro atoms. The van der Waals surface area contributed by atoms with E-state index in [9.17, 15) is 18.0 Å². The van der Waals surface area contributed by atoms with E-state index in [0.717, 1.165) is 25.7 Å². The number of likely N-dealkylation sites (N-methyl/N-ethyl adjacent to an activating group) is 1. The lowest BCUT2D eigenvalue weighted by Crippen LogP contribution is -2.55. The third-order valence-electron chi connectivity index (χ3n) is 4.51. The number of carboxylic acid groups (broad SMARTS) is 1. The topological polar surface area (TPSA) is 52.6 Å². The van der Waals surface area contributed by atoms with Crippen LogP contribution in [0.25, 0.3) is 0 Å². The second kappa shape index (κ2) is 6.96. The van der Waals surface area contributed by atoms with Gasteiger partial charge in [0.25, 0.3) is 0 Å². The molecule has 3 unspecified atom stereocenters. The quantitative estimate of drug-likeness (QED) is 0.791. The molecular formula is C14H25F3N2O2. The van der Waals surface area contributed by atoms with Crippen LogP contribution in [-0.4, -0.2) is 54.9 Å². The summed E-state index contributed by atoms with van der Waals surface area (Å²) in [6, 6.07) is 0. The number of rotatable bonds is 6. The van der Waals surface area contributed by atoms with Gasteiger partial charge in [-0.15, -0.1) is 0 Å². The van der Waals surface area contributed by atoms with Gasteiger partial charge >= 0.3 is 12.1 Å². The first kappa shape index (κ1) is 18.2. The second-order valence-corrected chi connectivity index (χ2v) is 6.38. The van der Waals surface area contributed by atoms with Gasteiger partial charge in [0, 0.05) is 18.6 Å². The van der Waals surface area contributed by atoms with Gasteiger partial charge in [-0.3, -0.25) is 4.79 Å². The van der Waals surface area contributed by atoms with E-state index in [0.29, 0.717) is 12.5 Å². The Morgan fingerprint density at radius 3 is 2.52 bits per heavy atom. The molecule has 4 nitrogen and oxygen atoms in total. The van der Waals surface area contributed by atoms with Crippen molar-refractivity contribution in [1.29, 1.82) is 0 Å². The van der Waals surface area contributed by atoms with E-state index in [-0.39, 0.29) is 5.54 Å². The molecule has 0 aliphatic heterocycles. The molecule has 7 heteroatoms. The molecule has 0 heterocycles. The monoisotopic (exact) mass is 310 g/mol. The van der Waals surface area contributed by atoms with E-state index in [1.807, 2.05) is 14.1 Å². The molecule has 21 heavy (non-hydrogen) atoms. The number of halogens is 3. The van der Waals surface area contributed by atoms with Gasteiger partial charge in [-0.25, -0.2) is 0 Å². The average molecular weight is 310 g/mol. The van der Waals surface area contributed by atoms with Gasteiger partial charge in [0.2, 0.25) is 0 Å². The highest BCUT2D eigenvalue weighted by Gasteiger charge is 2.45. The first-order chi connectivity index (χ1) is 9.58. The molecule has 0 aromatic rings. The third-order valence-corrected chi connectivity index (χ3v) is 4.51. The minimum atomic E-state index is -4.72. The maximum absolute atomic E-state index is 12.6. The highest BCUT2D eigenvalue weighted by Crippen LogP contribution is 2.35. The zero-order valence-corrected chi connectivity index (χ0v) is 12.8. The van der Waals surface area contributed by atoms with Crippen LogP contribution in [0.2, 0.25) is 0 Å². The molecule has 1 aliphatic carbocycles. The molecule has 0 bridgehead atoms. The van der Waals surface area contributed by atoms with Crippen molar-refractivity contribution in [2.45, 2.75) is 44.3 Å². The fraction of sp³-hybridized carbons (Fsp3) is 0.929. The van der Waals surface area contributed by atoms with Gasteiger partial charge in [-0.1, -0.05) is 19.8 Å². The van der Waals surface area contributed by atoms with Crippen molar-refractivity contribution in [3.63, 3.8) is 0 Å². The van der Waals surface area contributed by atoms with Crippen LogP contribution in [-0.2, 0) is 4.79 Å². The molecule has 0 aromatic carbocycles. The van der Waals surface area contributed by atoms with E-state index < -0.39 is 24.6 Å². The van der Waals surface area contributed by atoms with Crippen molar-refractivity contribution in [3.05, 3.63) is 0 Å². The number of aliphatic carboxylic acids is 1. The van der Waals surface area contributed by atoms with Gasteiger partial charge in [0.15, 0.2) is 5.92 Å². The largest absolute Gasteiger partial charge is 0.481 e. The normalized spacial score (nSPS) is 28.6. The molecular weight excluding hydrogens is 285 g/mol. The van der Waals surface area contributed by atoms with Gasteiger partial charge in [-0.2, -0.15) is 13.2 Å². The van der Waals surface area contributed by atoms with E-state index >= 15 is 0 Å². The van der Waals surface area contributed by atoms with Gasteiger partial charge in [0.1, 0.15) is 0 Å². The van der Waals surface area contributed by atoms with Crippen LogP contribution in [0.5, 0.6) is 0 Å². The Hall–Kier alpha value is -0.820. The van der Waals surface area contributed by atoms with Gasteiger partial charge in [-0.05, 0) is 32.9 Å². The van der Waals surface area contributed by atoms with Crippen molar-refractivity contribution in [2.75, 3.05) is 27.2 Å². The Morgan fingerprint density at radius 1 is 1.48 bits per heavy atom. The lowest BCUT2D eigenvalue weighted by Gasteiger charge is -2.45. The smallest absolute Gasteiger partial charge is 0.403 e. The Labute approximate surface area is 123 Å². The summed E-state index contributed by atoms with van der Waals surface area (Å²) in [5, 5.41) is 11.4. The van der Waals surface area contributed by atoms with Crippen LogP contribution in [0, 0.1) is 11.8 Å². The number of carbonyl (C=O) groups is 1. The zero-order chi connectivity index (χ0) is 16.3. The summed E-state index contributed by atoms with van der Waals surface area (Å²) >= 11 is 0. The van der Waals surface area contributed by atoms with Crippen LogP contribution < -0.4 is 5.32 Å². The molecule has 1 rings (SSSR count). The first-order valence-corrected chi connectivity index (χ1v) is 7.26. The summed E-state index contributed by atoms with van der Waals surface area (Å²) in [6.45, 7) is 1.94. The van der Waals surface area contributed by atoms with Crippen LogP contribution in [0.3, 0.4) is 0 Å².